The summed E-state index contributed by atoms with van der Waals surface area (Å²) in [7, 11) is 4.28. The lowest BCUT2D eigenvalue weighted by Gasteiger charge is -2.55. The number of rotatable bonds is 10. The van der Waals surface area contributed by atoms with E-state index in [-0.39, 0.29) is 5.54 Å². The highest BCUT2D eigenvalue weighted by Gasteiger charge is 2.45. The van der Waals surface area contributed by atoms with Crippen LogP contribution in [0, 0.1) is 35.4 Å². The summed E-state index contributed by atoms with van der Waals surface area (Å²) >= 11 is 0. The van der Waals surface area contributed by atoms with Crippen molar-refractivity contribution in [3.63, 3.8) is 0 Å². The first-order chi connectivity index (χ1) is 38.1. The average molecular weight is 1120 g/mol. The molecule has 4 unspecified atom stereocenters. The van der Waals surface area contributed by atoms with Gasteiger partial charge in [-0.25, -0.2) is 4.39 Å². The molecule has 2 saturated carbocycles. The summed E-state index contributed by atoms with van der Waals surface area (Å²) in [6.45, 7) is 31.3. The predicted molar refractivity (Wildman–Crippen MR) is 327 cm³/mol. The SMILES string of the molecule is CC[C@H](C)[C@H]1CN[C@@H](CC(C)C)C(C)NCC2[C@H](C)CN2[C@@H](C(C)C)C(C)NC2(CCCC2)CNCCN=CC=C(CCc2ccc(C(F)(F)F)c(F)c2)NC=CN(C)C=C(CC2CCCCC2)N(C)C=C2CCCN2CC(C)N1. The van der Waals surface area contributed by atoms with E-state index in [1.807, 2.05) is 24.7 Å². The van der Waals surface area contributed by atoms with Crippen molar-refractivity contribution in [3.05, 3.63) is 83.1 Å². The van der Waals surface area contributed by atoms with Gasteiger partial charge in [-0.1, -0.05) is 106 Å². The molecule has 2 saturated heterocycles. The first-order valence-corrected chi connectivity index (χ1v) is 31.7. The number of nitrogens with zero attached hydrogens (tertiary/aromatic N) is 5. The van der Waals surface area contributed by atoms with Crippen LogP contribution >= 0.6 is 0 Å². The molecule has 6 rings (SSSR count). The molecular formula is C65H111F4N11. The Morgan fingerprint density at radius 3 is 2.29 bits per heavy atom. The molecule has 3 heterocycles. The van der Waals surface area contributed by atoms with E-state index in [0.29, 0.717) is 96.8 Å². The molecule has 1 spiro atoms. The Morgan fingerprint density at radius 1 is 0.863 bits per heavy atom. The summed E-state index contributed by atoms with van der Waals surface area (Å²) in [4.78, 5) is 14.7. The molecule has 0 aromatic heterocycles. The van der Waals surface area contributed by atoms with Gasteiger partial charge in [0.1, 0.15) is 5.82 Å². The maximum absolute atomic E-state index is 14.7. The Balaban J connectivity index is 1.26. The molecule has 0 amide bonds. The Kier molecular flexibility index (Phi) is 26.3. The topological polar surface area (TPSA) is 97.5 Å². The Labute approximate surface area is 483 Å². The molecule has 11 nitrogen and oxygen atoms in total. The van der Waals surface area contributed by atoms with Crippen molar-refractivity contribution in [1.29, 1.82) is 0 Å². The van der Waals surface area contributed by atoms with Crippen molar-refractivity contribution < 1.29 is 17.6 Å². The zero-order valence-corrected chi connectivity index (χ0v) is 51.8. The predicted octanol–water partition coefficient (Wildman–Crippen LogP) is 12.0. The Morgan fingerprint density at radius 2 is 1.61 bits per heavy atom. The van der Waals surface area contributed by atoms with Crippen LogP contribution in [0.25, 0.3) is 0 Å². The molecular weight excluding hydrogens is 1010 g/mol. The van der Waals surface area contributed by atoms with Crippen molar-refractivity contribution >= 4 is 6.21 Å². The van der Waals surface area contributed by atoms with Gasteiger partial charge in [0.2, 0.25) is 0 Å². The molecule has 80 heavy (non-hydrogen) atoms. The second-order valence-electron chi connectivity index (χ2n) is 26.3. The fourth-order valence-electron chi connectivity index (χ4n) is 13.9. The quantitative estimate of drug-likeness (QED) is 0.127. The molecule has 3 aliphatic heterocycles. The fourth-order valence-corrected chi connectivity index (χ4v) is 13.9. The number of allylic oxidation sites excluding steroid dienone is 4. The number of aryl methyl sites for hydroxylation is 1. The normalized spacial score (nSPS) is 29.1. The van der Waals surface area contributed by atoms with Crippen LogP contribution in [0.4, 0.5) is 17.6 Å². The second kappa shape index (κ2) is 32.0. The number of hydrogen-bond acceptors (Lipinski definition) is 11. The van der Waals surface area contributed by atoms with E-state index in [1.54, 1.807) is 0 Å². The van der Waals surface area contributed by atoms with Crippen LogP contribution in [0.1, 0.15) is 177 Å². The highest BCUT2D eigenvalue weighted by molar-refractivity contribution is 5.72. The van der Waals surface area contributed by atoms with Crippen LogP contribution < -0.4 is 31.9 Å². The van der Waals surface area contributed by atoms with Gasteiger partial charge in [0.05, 0.1) is 12.1 Å². The lowest BCUT2D eigenvalue weighted by molar-refractivity contribution is -0.140. The average Bonchev–Trinajstić information content (AvgIpc) is 4.13. The van der Waals surface area contributed by atoms with E-state index in [2.05, 4.69) is 147 Å². The van der Waals surface area contributed by atoms with Crippen LogP contribution in [0.5, 0.6) is 0 Å². The van der Waals surface area contributed by atoms with Crippen LogP contribution in [-0.2, 0) is 12.6 Å². The minimum Gasteiger partial charge on any atom is -0.372 e. The summed E-state index contributed by atoms with van der Waals surface area (Å²) in [5, 5.41) is 23.9. The third-order valence-electron chi connectivity index (χ3n) is 18.7. The van der Waals surface area contributed by atoms with Crippen molar-refractivity contribution in [2.24, 2.45) is 34.6 Å². The lowest BCUT2D eigenvalue weighted by Crippen LogP contribution is -2.69. The van der Waals surface area contributed by atoms with Crippen molar-refractivity contribution in [2.45, 2.75) is 226 Å². The van der Waals surface area contributed by atoms with Gasteiger partial charge in [0, 0.05) is 156 Å². The van der Waals surface area contributed by atoms with Gasteiger partial charge in [0.25, 0.3) is 0 Å². The first-order valence-electron chi connectivity index (χ1n) is 31.7. The number of hydrogen-bond donors (Lipinski definition) is 6. The molecule has 6 N–H and O–H groups in total. The van der Waals surface area contributed by atoms with E-state index in [9.17, 15) is 17.6 Å². The minimum atomic E-state index is -4.74. The highest BCUT2D eigenvalue weighted by Crippen LogP contribution is 2.36. The van der Waals surface area contributed by atoms with Gasteiger partial charge >= 0.3 is 6.18 Å². The van der Waals surface area contributed by atoms with Crippen LogP contribution in [0.3, 0.4) is 0 Å². The lowest BCUT2D eigenvalue weighted by atomic mass is 9.82. The molecule has 2 aliphatic carbocycles. The second-order valence-corrected chi connectivity index (χ2v) is 26.3. The zero-order valence-electron chi connectivity index (χ0n) is 51.8. The molecule has 1 aromatic rings. The van der Waals surface area contributed by atoms with Gasteiger partial charge in [0.15, 0.2) is 0 Å². The molecule has 4 fully saturated rings. The van der Waals surface area contributed by atoms with E-state index >= 15 is 0 Å². The third-order valence-corrected chi connectivity index (χ3v) is 18.7. The summed E-state index contributed by atoms with van der Waals surface area (Å²) in [6.07, 6.45) is 25.0. The number of benzene rings is 1. The van der Waals surface area contributed by atoms with Crippen molar-refractivity contribution in [2.75, 3.05) is 66.5 Å². The summed E-state index contributed by atoms with van der Waals surface area (Å²) in [5.41, 5.74) is 2.79. The van der Waals surface area contributed by atoms with Crippen LogP contribution in [0.2, 0.25) is 0 Å². The molecule has 0 radical (unpaired) electrons. The zero-order chi connectivity index (χ0) is 58.0. The molecule has 9 atom stereocenters. The number of fused-ring (bicyclic) bond motifs is 2. The standard InChI is InChI=1S/C65H111F4N11/c1-13-48(6)61-39-74-60(36-46(2)3)51(9)73-40-62-49(7)41-80(62)63(47(4)5)52(10)76-64(28-17-18-29-64)45-71-32-31-70-30-27-55(25-23-54-24-26-58(59(66)38-54)65(67,68)69)72-33-35-77(11)43-57(37-53-20-15-14-16-21-53)78(12)44-56-22-19-34-79(56)42-50(8)75-61/h24,26-27,30,33,35,38,43-44,46-53,60-63,71-76H,13-23,25,28-29,31-32,34,36-37,39-42,45H2,1-12H3/t48-,49+,50?,51?,52?,60-,61+,62?,63-/m0/s1. The van der Waals surface area contributed by atoms with Crippen molar-refractivity contribution in [3.8, 4) is 0 Å². The minimum absolute atomic E-state index is 0.0326. The Bertz CT molecular complexity index is 2140. The number of halogens is 4. The Hall–Kier alpha value is -3.47. The molecule has 0 bridgehead atoms. The van der Waals surface area contributed by atoms with E-state index in [1.165, 1.54) is 62.4 Å². The maximum atomic E-state index is 14.7. The number of nitrogens with one attached hydrogen (secondary N) is 6. The van der Waals surface area contributed by atoms with E-state index < -0.39 is 17.6 Å². The summed E-state index contributed by atoms with van der Waals surface area (Å²) in [5.74, 6) is 1.65. The van der Waals surface area contributed by atoms with Gasteiger partial charge in [-0.15, -0.1) is 0 Å². The van der Waals surface area contributed by atoms with Crippen molar-refractivity contribution in [1.82, 2.24) is 51.5 Å². The monoisotopic (exact) mass is 1120 g/mol. The van der Waals surface area contributed by atoms with Crippen LogP contribution in [-0.4, -0.2) is 140 Å². The summed E-state index contributed by atoms with van der Waals surface area (Å²) < 4.78 is 55.0. The largest absolute Gasteiger partial charge is 0.419 e. The van der Waals surface area contributed by atoms with Gasteiger partial charge in [-0.3, -0.25) is 9.89 Å². The molecule has 1 aromatic carbocycles. The summed E-state index contributed by atoms with van der Waals surface area (Å²) in [6, 6.07) is 5.83. The third kappa shape index (κ3) is 20.1. The highest BCUT2D eigenvalue weighted by atomic mass is 19.4. The molecule has 15 heteroatoms. The van der Waals surface area contributed by atoms with Gasteiger partial charge in [-0.05, 0) is 125 Å². The van der Waals surface area contributed by atoms with Crippen LogP contribution in [0.15, 0.2) is 71.2 Å². The molecule has 5 aliphatic rings. The number of aliphatic imine (C=N–C) groups is 1. The maximum Gasteiger partial charge on any atom is 0.419 e. The first kappa shape index (κ1) is 65.7. The molecule has 454 valence electrons. The van der Waals surface area contributed by atoms with Gasteiger partial charge < -0.3 is 46.6 Å². The van der Waals surface area contributed by atoms with Gasteiger partial charge in [-0.2, -0.15) is 13.2 Å². The van der Waals surface area contributed by atoms with E-state index in [0.717, 1.165) is 109 Å². The fraction of sp³-hybridized carbons (Fsp3) is 0.769. The van der Waals surface area contributed by atoms with E-state index in [4.69, 9.17) is 4.99 Å². The smallest absolute Gasteiger partial charge is 0.372 e. The number of alkyl halides is 3.